The summed E-state index contributed by atoms with van der Waals surface area (Å²) >= 11 is 1.50. The van der Waals surface area contributed by atoms with Crippen molar-refractivity contribution in [3.63, 3.8) is 0 Å². The highest BCUT2D eigenvalue weighted by atomic mass is 32.2. The van der Waals surface area contributed by atoms with E-state index in [2.05, 4.69) is 10.6 Å². The summed E-state index contributed by atoms with van der Waals surface area (Å²) in [5.41, 5.74) is 2.37. The first kappa shape index (κ1) is 32.2. The Morgan fingerprint density at radius 1 is 1.17 bits per heavy atom. The van der Waals surface area contributed by atoms with E-state index in [-0.39, 0.29) is 38.0 Å². The van der Waals surface area contributed by atoms with Crippen LogP contribution in [-0.2, 0) is 25.5 Å². The van der Waals surface area contributed by atoms with Crippen molar-refractivity contribution in [1.29, 1.82) is 0 Å². The summed E-state index contributed by atoms with van der Waals surface area (Å²) in [7, 11) is 1.50. The van der Waals surface area contributed by atoms with Crippen LogP contribution in [0.5, 0.6) is 28.7 Å². The zero-order valence-electron chi connectivity index (χ0n) is 26.8. The minimum absolute atomic E-state index is 0.0130. The van der Waals surface area contributed by atoms with E-state index in [9.17, 15) is 24.6 Å². The number of nitrogens with zero attached hydrogens (tertiary/aromatic N) is 1. The predicted octanol–water partition coefficient (Wildman–Crippen LogP) is 2.46. The molecule has 1 amide bonds. The topological polar surface area (TPSA) is 165 Å². The van der Waals surface area contributed by atoms with Gasteiger partial charge >= 0.3 is 11.9 Å². The molecule has 4 unspecified atom stereocenters. The van der Waals surface area contributed by atoms with Gasteiger partial charge in [-0.15, -0.1) is 0 Å². The lowest BCUT2D eigenvalue weighted by atomic mass is 9.78. The van der Waals surface area contributed by atoms with Crippen LogP contribution in [0.25, 0.3) is 0 Å². The molecule has 13 nitrogen and oxygen atoms in total. The van der Waals surface area contributed by atoms with Crippen molar-refractivity contribution in [1.82, 2.24) is 15.5 Å². The second-order valence-corrected chi connectivity index (χ2v) is 13.2. The standard InChI is InChI=1S/C32H39N3O10S/c1-13-8-18-9-32(40)11-33-23(20(18)25(38)26(13)41-6)24-30(46-7)22-21(19(35(24)32)10-42-31(39)15(3)34-16(4)36)29-28(43-12-44-29)14(2)27(22)45-17(5)37/h8,15,19,23-24,30,33,38,40H,9-12H2,1-7H3,(H,34,36)/t15?,19?,23?,24?,30-,32+/m1/s1. The second-order valence-electron chi connectivity index (χ2n) is 12.2. The number of aryl methyl sites for hydroxylation is 1. The van der Waals surface area contributed by atoms with Gasteiger partial charge in [-0.1, -0.05) is 6.07 Å². The first-order valence-corrected chi connectivity index (χ1v) is 16.4. The molecule has 2 aromatic carbocycles. The first-order valence-electron chi connectivity index (χ1n) is 15.1. The molecule has 5 heterocycles. The highest BCUT2D eigenvalue weighted by molar-refractivity contribution is 7.98. The predicted molar refractivity (Wildman–Crippen MR) is 166 cm³/mol. The number of thioether (sulfide) groups is 1. The lowest BCUT2D eigenvalue weighted by molar-refractivity contribution is -0.189. The second kappa shape index (κ2) is 11.8. The van der Waals surface area contributed by atoms with Gasteiger partial charge in [0.25, 0.3) is 0 Å². The molecular formula is C32H39N3O10S. The number of phenols is 1. The average Bonchev–Trinajstić information content (AvgIpc) is 3.39. The molecule has 1 fully saturated rings. The molecule has 1 saturated heterocycles. The Morgan fingerprint density at radius 3 is 2.54 bits per heavy atom. The monoisotopic (exact) mass is 657 g/mol. The summed E-state index contributed by atoms with van der Waals surface area (Å²) in [4.78, 5) is 39.3. The lowest BCUT2D eigenvalue weighted by Gasteiger charge is -2.57. The number of esters is 2. The quantitative estimate of drug-likeness (QED) is 0.254. The summed E-state index contributed by atoms with van der Waals surface area (Å²) in [6.07, 6.45) is 2.07. The zero-order valence-corrected chi connectivity index (χ0v) is 27.6. The summed E-state index contributed by atoms with van der Waals surface area (Å²) < 4.78 is 29.3. The number of piperazine rings is 1. The molecule has 7 rings (SSSR count). The minimum Gasteiger partial charge on any atom is -0.504 e. The molecule has 0 saturated carbocycles. The zero-order chi connectivity index (χ0) is 33.2. The molecule has 0 radical (unpaired) electrons. The van der Waals surface area contributed by atoms with E-state index in [1.54, 1.807) is 6.92 Å². The maximum Gasteiger partial charge on any atom is 0.328 e. The van der Waals surface area contributed by atoms with Crippen molar-refractivity contribution >= 4 is 29.6 Å². The number of hydrogen-bond acceptors (Lipinski definition) is 13. The third kappa shape index (κ3) is 4.93. The first-order chi connectivity index (χ1) is 21.8. The number of aliphatic hydroxyl groups is 1. The number of methoxy groups -OCH3 is 1. The highest BCUT2D eigenvalue weighted by Crippen LogP contribution is 2.63. The number of fused-ring (bicyclic) bond motifs is 4. The van der Waals surface area contributed by atoms with Crippen LogP contribution < -0.4 is 29.6 Å². The number of amides is 1. The van der Waals surface area contributed by atoms with Gasteiger partial charge in [0.15, 0.2) is 23.0 Å². The number of carbonyl (C=O) groups is 3. The Labute approximate surface area is 270 Å². The molecular weight excluding hydrogens is 618 g/mol. The van der Waals surface area contributed by atoms with Crippen molar-refractivity contribution in [2.24, 2.45) is 0 Å². The summed E-state index contributed by atoms with van der Waals surface area (Å²) in [6, 6.07) is -0.878. The number of benzene rings is 2. The van der Waals surface area contributed by atoms with Crippen LogP contribution in [0.3, 0.4) is 0 Å². The number of phenolic OH excluding ortho intramolecular Hbond substituents is 1. The van der Waals surface area contributed by atoms with Gasteiger partial charge in [-0.25, -0.2) is 4.79 Å². The molecule has 2 bridgehead atoms. The van der Waals surface area contributed by atoms with Crippen molar-refractivity contribution < 1.29 is 48.3 Å². The van der Waals surface area contributed by atoms with Crippen LogP contribution in [0.2, 0.25) is 0 Å². The Hall–Kier alpha value is -3.72. The van der Waals surface area contributed by atoms with Crippen molar-refractivity contribution in [3.8, 4) is 28.7 Å². The molecule has 5 aliphatic rings. The Morgan fingerprint density at radius 2 is 1.89 bits per heavy atom. The fourth-order valence-electron chi connectivity index (χ4n) is 7.67. The number of carbonyl (C=O) groups excluding carboxylic acids is 3. The van der Waals surface area contributed by atoms with E-state index >= 15 is 0 Å². The average molecular weight is 658 g/mol. The maximum atomic E-state index is 13.1. The third-order valence-electron chi connectivity index (χ3n) is 9.30. The molecule has 248 valence electrons. The third-order valence-corrected chi connectivity index (χ3v) is 10.3. The molecule has 2 aromatic rings. The summed E-state index contributed by atoms with van der Waals surface area (Å²) in [5.74, 6) is -0.0947. The fraction of sp³-hybridized carbons (Fsp3) is 0.531. The number of nitrogens with one attached hydrogen (secondary N) is 2. The Balaban J connectivity index is 1.60. The molecule has 4 N–H and O–H groups in total. The van der Waals surface area contributed by atoms with Crippen LogP contribution in [-0.4, -0.2) is 84.1 Å². The normalized spacial score (nSPS) is 26.3. The maximum absolute atomic E-state index is 13.1. The summed E-state index contributed by atoms with van der Waals surface area (Å²) in [5, 5.41) is 29.9. The molecule has 6 atom stereocenters. The molecule has 0 spiro atoms. The van der Waals surface area contributed by atoms with Gasteiger partial charge < -0.3 is 44.5 Å². The number of aromatic hydroxyl groups is 1. The van der Waals surface area contributed by atoms with Crippen molar-refractivity contribution in [3.05, 3.63) is 39.4 Å². The van der Waals surface area contributed by atoms with Crippen LogP contribution >= 0.6 is 11.8 Å². The van der Waals surface area contributed by atoms with Crippen LogP contribution in [0.15, 0.2) is 6.07 Å². The molecule has 0 aromatic heterocycles. The molecule has 14 heteroatoms. The molecule has 46 heavy (non-hydrogen) atoms. The lowest BCUT2D eigenvalue weighted by Crippen LogP contribution is -2.69. The Kier molecular flexibility index (Phi) is 8.28. The Bertz CT molecular complexity index is 1630. The van der Waals surface area contributed by atoms with Gasteiger partial charge in [0, 0.05) is 55.1 Å². The number of hydrogen-bond donors (Lipinski definition) is 4. The number of rotatable bonds is 7. The van der Waals surface area contributed by atoms with E-state index in [4.69, 9.17) is 23.7 Å². The van der Waals surface area contributed by atoms with Gasteiger partial charge in [0.2, 0.25) is 12.7 Å². The van der Waals surface area contributed by atoms with Gasteiger partial charge in [-0.2, -0.15) is 11.8 Å². The van der Waals surface area contributed by atoms with E-state index in [0.29, 0.717) is 45.3 Å². The van der Waals surface area contributed by atoms with E-state index in [1.165, 1.54) is 39.6 Å². The van der Waals surface area contributed by atoms with E-state index < -0.39 is 47.1 Å². The highest BCUT2D eigenvalue weighted by Gasteiger charge is 2.60. The van der Waals surface area contributed by atoms with Gasteiger partial charge in [0.05, 0.1) is 24.4 Å². The SMILES string of the molecule is COc1c(C)cc2c(c1O)C1NC[C@@](O)(C2)N2C(COC(=O)C(C)NC(C)=O)c3c4c(c(C)c(OC(C)=O)c3[C@@H](SC)C12)OCO4. The van der Waals surface area contributed by atoms with Gasteiger partial charge in [0.1, 0.15) is 24.1 Å². The van der Waals surface area contributed by atoms with Gasteiger partial charge in [-0.3, -0.25) is 14.5 Å². The van der Waals surface area contributed by atoms with Crippen LogP contribution in [0.4, 0.5) is 0 Å². The fourth-order valence-corrected chi connectivity index (χ4v) is 8.70. The molecule has 0 aliphatic carbocycles. The van der Waals surface area contributed by atoms with E-state index in [0.717, 1.165) is 11.1 Å². The van der Waals surface area contributed by atoms with Crippen LogP contribution in [0.1, 0.15) is 71.5 Å². The minimum atomic E-state index is -1.52. The smallest absolute Gasteiger partial charge is 0.328 e. The van der Waals surface area contributed by atoms with E-state index in [1.807, 2.05) is 24.1 Å². The molecule has 5 aliphatic heterocycles. The van der Waals surface area contributed by atoms with Crippen LogP contribution in [0, 0.1) is 13.8 Å². The largest absolute Gasteiger partial charge is 0.504 e. The summed E-state index contributed by atoms with van der Waals surface area (Å²) in [6.45, 7) is 7.63. The van der Waals surface area contributed by atoms with Crippen molar-refractivity contribution in [2.45, 2.75) is 76.2 Å². The number of ether oxygens (including phenoxy) is 5. The van der Waals surface area contributed by atoms with Crippen molar-refractivity contribution in [2.75, 3.05) is 33.3 Å². The van der Waals surface area contributed by atoms with Gasteiger partial charge in [-0.05, 0) is 38.2 Å².